The molecule has 1 aromatic heterocycles. The van der Waals surface area contributed by atoms with Crippen LogP contribution in [0.3, 0.4) is 0 Å². The molecule has 112 valence electrons. The summed E-state index contributed by atoms with van der Waals surface area (Å²) in [7, 11) is 1.86. The number of hydrogen-bond acceptors (Lipinski definition) is 2. The maximum Gasteiger partial charge on any atom is 0.129 e. The molecule has 0 amide bonds. The fourth-order valence-corrected chi connectivity index (χ4v) is 3.55. The highest BCUT2D eigenvalue weighted by Gasteiger charge is 2.66. The zero-order valence-corrected chi connectivity index (χ0v) is 13.2. The summed E-state index contributed by atoms with van der Waals surface area (Å²) in [4.78, 5) is 0. The van der Waals surface area contributed by atoms with Crippen LogP contribution in [0, 0.1) is 16.6 Å². The van der Waals surface area contributed by atoms with E-state index in [2.05, 4.69) is 32.8 Å². The second-order valence-electron chi connectivity index (χ2n) is 7.15. The molecular formula is C17H22FN3. The SMILES string of the molecule is Cn1nc(C2C(C)(C)C2(C)C)c(-c2ccc(F)cc2)c1N. The van der Waals surface area contributed by atoms with Gasteiger partial charge in [0.1, 0.15) is 11.6 Å². The van der Waals surface area contributed by atoms with E-state index in [0.29, 0.717) is 11.7 Å². The van der Waals surface area contributed by atoms with Crippen LogP contribution in [0.2, 0.25) is 0 Å². The molecule has 1 fully saturated rings. The summed E-state index contributed by atoms with van der Waals surface area (Å²) in [6.07, 6.45) is 0. The number of aryl methyl sites for hydroxylation is 1. The van der Waals surface area contributed by atoms with E-state index in [1.54, 1.807) is 16.8 Å². The minimum Gasteiger partial charge on any atom is -0.383 e. The van der Waals surface area contributed by atoms with Gasteiger partial charge in [-0.15, -0.1) is 0 Å². The monoisotopic (exact) mass is 287 g/mol. The van der Waals surface area contributed by atoms with Gasteiger partial charge < -0.3 is 5.73 Å². The molecule has 0 saturated heterocycles. The van der Waals surface area contributed by atoms with Crippen molar-refractivity contribution in [3.8, 4) is 11.1 Å². The molecule has 1 heterocycles. The summed E-state index contributed by atoms with van der Waals surface area (Å²) in [5.41, 5.74) is 9.49. The van der Waals surface area contributed by atoms with E-state index in [9.17, 15) is 4.39 Å². The van der Waals surface area contributed by atoms with Crippen molar-refractivity contribution >= 4 is 5.82 Å². The van der Waals surface area contributed by atoms with Crippen molar-refractivity contribution < 1.29 is 4.39 Å². The van der Waals surface area contributed by atoms with Crippen LogP contribution in [0.25, 0.3) is 11.1 Å². The van der Waals surface area contributed by atoms with Gasteiger partial charge in [0.25, 0.3) is 0 Å². The van der Waals surface area contributed by atoms with E-state index in [1.165, 1.54) is 12.1 Å². The molecule has 2 N–H and O–H groups in total. The third-order valence-electron chi connectivity index (χ3n) is 5.55. The van der Waals surface area contributed by atoms with Gasteiger partial charge in [0.15, 0.2) is 0 Å². The normalized spacial score (nSPS) is 19.7. The van der Waals surface area contributed by atoms with Crippen molar-refractivity contribution in [2.75, 3.05) is 5.73 Å². The van der Waals surface area contributed by atoms with Gasteiger partial charge in [0.2, 0.25) is 0 Å². The molecule has 1 aliphatic rings. The molecule has 0 atom stereocenters. The Morgan fingerprint density at radius 3 is 2.10 bits per heavy atom. The fraction of sp³-hybridized carbons (Fsp3) is 0.471. The number of halogens is 1. The zero-order valence-electron chi connectivity index (χ0n) is 13.2. The standard InChI is InChI=1S/C17H22FN3/c1-16(2)14(17(16,3)4)13-12(15(19)21(5)20-13)10-6-8-11(18)9-7-10/h6-9,14H,19H2,1-5H3. The lowest BCUT2D eigenvalue weighted by Crippen LogP contribution is -1.98. The predicted octanol–water partition coefficient (Wildman–Crippen LogP) is 3.96. The van der Waals surface area contributed by atoms with Gasteiger partial charge >= 0.3 is 0 Å². The number of anilines is 1. The van der Waals surface area contributed by atoms with Crippen LogP contribution in [0.1, 0.15) is 39.3 Å². The van der Waals surface area contributed by atoms with Crippen LogP contribution in [-0.2, 0) is 7.05 Å². The van der Waals surface area contributed by atoms with Gasteiger partial charge in [-0.2, -0.15) is 5.10 Å². The molecule has 3 nitrogen and oxygen atoms in total. The van der Waals surface area contributed by atoms with Crippen LogP contribution in [0.4, 0.5) is 10.2 Å². The second-order valence-corrected chi connectivity index (χ2v) is 7.15. The molecule has 1 aromatic carbocycles. The van der Waals surface area contributed by atoms with Crippen molar-refractivity contribution in [3.63, 3.8) is 0 Å². The van der Waals surface area contributed by atoms with Crippen molar-refractivity contribution in [1.29, 1.82) is 0 Å². The third kappa shape index (κ3) is 1.81. The van der Waals surface area contributed by atoms with E-state index in [0.717, 1.165) is 16.8 Å². The first-order valence-electron chi connectivity index (χ1n) is 7.26. The van der Waals surface area contributed by atoms with Gasteiger partial charge in [-0.25, -0.2) is 4.39 Å². The number of nitrogens with two attached hydrogens (primary N) is 1. The first-order valence-corrected chi connectivity index (χ1v) is 7.26. The first kappa shape index (κ1) is 14.1. The van der Waals surface area contributed by atoms with Crippen LogP contribution in [0.5, 0.6) is 0 Å². The Kier molecular flexibility index (Phi) is 2.75. The average molecular weight is 287 g/mol. The summed E-state index contributed by atoms with van der Waals surface area (Å²) < 4.78 is 14.9. The van der Waals surface area contributed by atoms with E-state index < -0.39 is 0 Å². The smallest absolute Gasteiger partial charge is 0.129 e. The third-order valence-corrected chi connectivity index (χ3v) is 5.55. The molecule has 21 heavy (non-hydrogen) atoms. The maximum absolute atomic E-state index is 13.2. The Morgan fingerprint density at radius 1 is 1.10 bits per heavy atom. The molecule has 0 spiro atoms. The number of aromatic nitrogens is 2. The molecule has 1 saturated carbocycles. The Morgan fingerprint density at radius 2 is 1.62 bits per heavy atom. The molecule has 0 unspecified atom stereocenters. The highest BCUT2D eigenvalue weighted by molar-refractivity contribution is 5.78. The minimum atomic E-state index is -0.241. The lowest BCUT2D eigenvalue weighted by molar-refractivity contribution is 0.457. The number of hydrogen-bond donors (Lipinski definition) is 1. The van der Waals surface area contributed by atoms with Crippen molar-refractivity contribution in [3.05, 3.63) is 35.8 Å². The lowest BCUT2D eigenvalue weighted by atomic mass is 9.99. The summed E-state index contributed by atoms with van der Waals surface area (Å²) in [5, 5.41) is 4.66. The summed E-state index contributed by atoms with van der Waals surface area (Å²) in [5.74, 6) is 0.749. The predicted molar refractivity (Wildman–Crippen MR) is 83.3 cm³/mol. The van der Waals surface area contributed by atoms with Crippen molar-refractivity contribution in [2.45, 2.75) is 33.6 Å². The number of nitrogens with zero attached hydrogens (tertiary/aromatic N) is 2. The molecule has 3 rings (SSSR count). The van der Waals surface area contributed by atoms with Gasteiger partial charge in [0.05, 0.1) is 5.69 Å². The second kappa shape index (κ2) is 4.09. The highest BCUT2D eigenvalue weighted by atomic mass is 19.1. The average Bonchev–Trinajstić information content (AvgIpc) is 2.63. The lowest BCUT2D eigenvalue weighted by Gasteiger charge is -2.05. The zero-order chi connectivity index (χ0) is 15.6. The van der Waals surface area contributed by atoms with Gasteiger partial charge in [-0.05, 0) is 28.5 Å². The highest BCUT2D eigenvalue weighted by Crippen LogP contribution is 2.74. The molecular weight excluding hydrogens is 265 g/mol. The van der Waals surface area contributed by atoms with Crippen LogP contribution < -0.4 is 5.73 Å². The molecule has 0 aliphatic heterocycles. The number of nitrogen functional groups attached to an aromatic ring is 1. The summed E-state index contributed by atoms with van der Waals surface area (Å²) in [6.45, 7) is 9.04. The summed E-state index contributed by atoms with van der Waals surface area (Å²) >= 11 is 0. The number of rotatable bonds is 2. The van der Waals surface area contributed by atoms with Crippen LogP contribution >= 0.6 is 0 Å². The Balaban J connectivity index is 2.16. The summed E-state index contributed by atoms with van der Waals surface area (Å²) in [6, 6.07) is 6.48. The molecule has 0 bridgehead atoms. The van der Waals surface area contributed by atoms with Crippen LogP contribution in [0.15, 0.2) is 24.3 Å². The largest absolute Gasteiger partial charge is 0.383 e. The van der Waals surface area contributed by atoms with E-state index in [-0.39, 0.29) is 16.6 Å². The van der Waals surface area contributed by atoms with Gasteiger partial charge in [0, 0.05) is 18.5 Å². The van der Waals surface area contributed by atoms with E-state index in [1.807, 2.05) is 7.05 Å². The Hall–Kier alpha value is -1.84. The quantitative estimate of drug-likeness (QED) is 0.908. The van der Waals surface area contributed by atoms with Crippen LogP contribution in [-0.4, -0.2) is 9.78 Å². The topological polar surface area (TPSA) is 43.8 Å². The minimum absolute atomic E-state index is 0.183. The van der Waals surface area contributed by atoms with Crippen molar-refractivity contribution in [2.24, 2.45) is 17.9 Å². The molecule has 0 radical (unpaired) electrons. The number of benzene rings is 1. The van der Waals surface area contributed by atoms with E-state index >= 15 is 0 Å². The molecule has 4 heteroatoms. The maximum atomic E-state index is 13.2. The Labute approximate surface area is 125 Å². The fourth-order valence-electron chi connectivity index (χ4n) is 3.55. The Bertz CT molecular complexity index is 682. The molecule has 2 aromatic rings. The van der Waals surface area contributed by atoms with Gasteiger partial charge in [-0.1, -0.05) is 39.8 Å². The first-order chi connectivity index (χ1) is 9.68. The van der Waals surface area contributed by atoms with Crippen molar-refractivity contribution in [1.82, 2.24) is 9.78 Å². The van der Waals surface area contributed by atoms with Gasteiger partial charge in [-0.3, -0.25) is 4.68 Å². The molecule has 1 aliphatic carbocycles. The van der Waals surface area contributed by atoms with E-state index in [4.69, 9.17) is 5.73 Å².